The Morgan fingerprint density at radius 3 is 2.80 bits per heavy atom. The molecule has 130 valence electrons. The van der Waals surface area contributed by atoms with Crippen molar-refractivity contribution in [3.05, 3.63) is 52.6 Å². The molecule has 0 amide bonds. The second kappa shape index (κ2) is 7.23. The second-order valence-electron chi connectivity index (χ2n) is 6.86. The molecule has 2 aromatic heterocycles. The lowest BCUT2D eigenvalue weighted by Gasteiger charge is -2.27. The van der Waals surface area contributed by atoms with Gasteiger partial charge in [0.1, 0.15) is 0 Å². The summed E-state index contributed by atoms with van der Waals surface area (Å²) in [5.74, 6) is 1.72. The van der Waals surface area contributed by atoms with E-state index in [1.165, 1.54) is 25.9 Å². The van der Waals surface area contributed by atoms with Crippen LogP contribution in [-0.2, 0) is 6.67 Å². The normalized spacial score (nSPS) is 20.7. The van der Waals surface area contributed by atoms with Crippen molar-refractivity contribution >= 4 is 23.6 Å². The van der Waals surface area contributed by atoms with E-state index in [0.29, 0.717) is 0 Å². The van der Waals surface area contributed by atoms with Crippen molar-refractivity contribution in [1.82, 2.24) is 14.3 Å². The van der Waals surface area contributed by atoms with E-state index in [9.17, 15) is 0 Å². The molecule has 0 radical (unpaired) electrons. The van der Waals surface area contributed by atoms with Crippen LogP contribution < -0.4 is 4.90 Å². The molecule has 3 aromatic rings. The number of hydrogen-bond donors (Lipinski definition) is 1. The van der Waals surface area contributed by atoms with Crippen molar-refractivity contribution in [2.75, 3.05) is 13.1 Å². The number of likely N-dealkylation sites (tertiary alicyclic amines) is 1. The lowest BCUT2D eigenvalue weighted by atomic mass is 10.0. The summed E-state index contributed by atoms with van der Waals surface area (Å²) in [5.41, 5.74) is 1.07. The Kier molecular flexibility index (Phi) is 4.83. The largest absolute Gasteiger partial charge is 0.316 e. The highest BCUT2D eigenvalue weighted by Gasteiger charge is 2.22. The number of nitrogens with zero attached hydrogens (tertiary/aromatic N) is 3. The maximum absolute atomic E-state index is 5.82. The minimum Gasteiger partial charge on any atom is -0.316 e. The molecule has 6 heteroatoms. The Morgan fingerprint density at radius 1 is 1.24 bits per heavy atom. The predicted octanol–water partition coefficient (Wildman–Crippen LogP) is 3.40. The molecule has 3 heterocycles. The number of hydrogen-bond acceptors (Lipinski definition) is 3. The van der Waals surface area contributed by atoms with Gasteiger partial charge in [-0.15, -0.1) is 16.4 Å². The van der Waals surface area contributed by atoms with E-state index in [0.717, 1.165) is 33.7 Å². The van der Waals surface area contributed by atoms with Gasteiger partial charge in [0.15, 0.2) is 12.5 Å². The fourth-order valence-electron chi connectivity index (χ4n) is 3.64. The van der Waals surface area contributed by atoms with Gasteiger partial charge in [-0.25, -0.2) is 0 Å². The molecular weight excluding hydrogens is 348 g/mol. The molecule has 0 spiro atoms. The third-order valence-electron chi connectivity index (χ3n) is 4.83. The molecule has 0 aliphatic carbocycles. The van der Waals surface area contributed by atoms with Crippen LogP contribution in [0, 0.1) is 10.7 Å². The lowest BCUT2D eigenvalue weighted by Crippen LogP contribution is -3.12. The number of benzene rings is 1. The summed E-state index contributed by atoms with van der Waals surface area (Å²) in [6.07, 6.45) is 2.63. The Balaban J connectivity index is 1.75. The van der Waals surface area contributed by atoms with Gasteiger partial charge in [-0.3, -0.25) is 4.57 Å². The molecule has 0 bridgehead atoms. The van der Waals surface area contributed by atoms with Crippen LogP contribution in [-0.4, -0.2) is 27.4 Å². The van der Waals surface area contributed by atoms with Crippen LogP contribution in [0.2, 0.25) is 0 Å². The van der Waals surface area contributed by atoms with Crippen LogP contribution in [0.1, 0.15) is 19.8 Å². The Morgan fingerprint density at radius 2 is 2.08 bits per heavy atom. The van der Waals surface area contributed by atoms with E-state index in [1.54, 1.807) is 16.2 Å². The zero-order valence-electron chi connectivity index (χ0n) is 14.4. The minimum atomic E-state index is 0.778. The Hall–Kier alpha value is -1.76. The van der Waals surface area contributed by atoms with Crippen LogP contribution in [0.15, 0.2) is 47.8 Å². The Labute approximate surface area is 157 Å². The molecular formula is C19H23N4S2+. The van der Waals surface area contributed by atoms with Gasteiger partial charge < -0.3 is 4.90 Å². The van der Waals surface area contributed by atoms with E-state index in [-0.39, 0.29) is 0 Å². The van der Waals surface area contributed by atoms with Gasteiger partial charge in [0.25, 0.3) is 0 Å². The first-order chi connectivity index (χ1) is 12.2. The molecule has 1 unspecified atom stereocenters. The van der Waals surface area contributed by atoms with Crippen molar-refractivity contribution < 1.29 is 4.90 Å². The van der Waals surface area contributed by atoms with E-state index in [4.69, 9.17) is 17.3 Å². The summed E-state index contributed by atoms with van der Waals surface area (Å²) in [6.45, 7) is 5.60. The molecule has 1 aromatic carbocycles. The highest BCUT2D eigenvalue weighted by Crippen LogP contribution is 2.26. The molecule has 4 nitrogen and oxygen atoms in total. The standard InChI is InChI=1S/C19H22N4S2/c1-15-7-5-11-21(13-15)14-22-19(24)23(16-8-3-2-4-9-16)18(20-22)17-10-6-12-25-17/h2-4,6,8-10,12,15H,5,7,11,13-14H2,1H3/p+1/t15-/m1/s1. The minimum absolute atomic E-state index is 0.778. The van der Waals surface area contributed by atoms with Crippen molar-refractivity contribution in [3.8, 4) is 16.4 Å². The number of aromatic nitrogens is 3. The van der Waals surface area contributed by atoms with Crippen LogP contribution in [0.4, 0.5) is 0 Å². The van der Waals surface area contributed by atoms with Crippen LogP contribution >= 0.6 is 23.6 Å². The molecule has 1 aliphatic rings. The first-order valence-electron chi connectivity index (χ1n) is 8.85. The molecule has 0 saturated carbocycles. The third kappa shape index (κ3) is 3.47. The molecule has 1 N–H and O–H groups in total. The lowest BCUT2D eigenvalue weighted by molar-refractivity contribution is -0.931. The molecule has 1 saturated heterocycles. The number of nitrogens with one attached hydrogen (secondary N) is 1. The number of rotatable bonds is 4. The fraction of sp³-hybridized carbons (Fsp3) is 0.368. The molecule has 2 atom stereocenters. The molecule has 1 fully saturated rings. The van der Waals surface area contributed by atoms with Gasteiger partial charge in [0, 0.05) is 5.92 Å². The summed E-state index contributed by atoms with van der Waals surface area (Å²) in [7, 11) is 0. The van der Waals surface area contributed by atoms with Crippen molar-refractivity contribution in [3.63, 3.8) is 0 Å². The third-order valence-corrected chi connectivity index (χ3v) is 6.09. The second-order valence-corrected chi connectivity index (χ2v) is 8.18. The van der Waals surface area contributed by atoms with Crippen molar-refractivity contribution in [2.45, 2.75) is 26.4 Å². The van der Waals surface area contributed by atoms with E-state index >= 15 is 0 Å². The smallest absolute Gasteiger partial charge is 0.207 e. The predicted molar refractivity (Wildman–Crippen MR) is 105 cm³/mol. The monoisotopic (exact) mass is 371 g/mol. The SMILES string of the molecule is C[C@@H]1CCC[NH+](Cn2nc(-c3cccs3)n(-c3ccccc3)c2=S)C1. The number of para-hydroxylation sites is 1. The van der Waals surface area contributed by atoms with E-state index in [1.807, 2.05) is 22.9 Å². The number of thiophene rings is 1. The maximum atomic E-state index is 5.82. The molecule has 1 aliphatic heterocycles. The Bertz CT molecular complexity index is 880. The average molecular weight is 372 g/mol. The maximum Gasteiger partial charge on any atom is 0.207 e. The summed E-state index contributed by atoms with van der Waals surface area (Å²) in [6, 6.07) is 14.5. The van der Waals surface area contributed by atoms with Crippen LogP contribution in [0.25, 0.3) is 16.4 Å². The van der Waals surface area contributed by atoms with Crippen LogP contribution in [0.3, 0.4) is 0 Å². The molecule has 25 heavy (non-hydrogen) atoms. The highest BCUT2D eigenvalue weighted by atomic mass is 32.1. The van der Waals surface area contributed by atoms with Gasteiger partial charge in [-0.05, 0) is 48.6 Å². The van der Waals surface area contributed by atoms with E-state index < -0.39 is 0 Å². The van der Waals surface area contributed by atoms with Crippen molar-refractivity contribution in [1.29, 1.82) is 0 Å². The van der Waals surface area contributed by atoms with Gasteiger partial charge in [0.05, 0.1) is 23.7 Å². The van der Waals surface area contributed by atoms with Gasteiger partial charge in [0.2, 0.25) is 4.77 Å². The zero-order chi connectivity index (χ0) is 17.2. The van der Waals surface area contributed by atoms with Gasteiger partial charge in [-0.1, -0.05) is 31.2 Å². The first kappa shape index (κ1) is 16.7. The van der Waals surface area contributed by atoms with Gasteiger partial charge in [-0.2, -0.15) is 4.68 Å². The quantitative estimate of drug-likeness (QED) is 0.712. The average Bonchev–Trinajstić information content (AvgIpc) is 3.25. The molecule has 4 rings (SSSR count). The summed E-state index contributed by atoms with van der Waals surface area (Å²) in [4.78, 5) is 2.72. The van der Waals surface area contributed by atoms with E-state index in [2.05, 4.69) is 41.1 Å². The number of piperidine rings is 1. The van der Waals surface area contributed by atoms with Crippen molar-refractivity contribution in [2.24, 2.45) is 5.92 Å². The van der Waals surface area contributed by atoms with Gasteiger partial charge >= 0.3 is 0 Å². The summed E-state index contributed by atoms with van der Waals surface area (Å²) < 4.78 is 4.90. The fourth-order valence-corrected chi connectivity index (χ4v) is 4.63. The summed E-state index contributed by atoms with van der Waals surface area (Å²) >= 11 is 7.53. The highest BCUT2D eigenvalue weighted by molar-refractivity contribution is 7.71. The first-order valence-corrected chi connectivity index (χ1v) is 10.1. The van der Waals surface area contributed by atoms with Crippen LogP contribution in [0.5, 0.6) is 0 Å². The topological polar surface area (TPSA) is 27.2 Å². The zero-order valence-corrected chi connectivity index (χ0v) is 16.0. The summed E-state index contributed by atoms with van der Waals surface area (Å²) in [5, 5.41) is 7.00. The number of quaternary nitrogens is 1.